The van der Waals surface area contributed by atoms with Crippen molar-refractivity contribution in [1.82, 2.24) is 4.90 Å². The largest absolute Gasteiger partial charge is 0.377 e. The molecule has 1 saturated carbocycles. The van der Waals surface area contributed by atoms with Gasteiger partial charge in [0.1, 0.15) is 0 Å². The number of rotatable bonds is 5. The maximum absolute atomic E-state index is 6.41. The van der Waals surface area contributed by atoms with E-state index in [0.29, 0.717) is 18.2 Å². The molecule has 2 rings (SSSR count). The van der Waals surface area contributed by atoms with Gasteiger partial charge in [-0.2, -0.15) is 0 Å². The lowest BCUT2D eigenvalue weighted by Crippen LogP contribution is -2.55. The molecule has 4 atom stereocenters. The SMILES string of the molecule is CCCC1CCC(N)C(N2CCCC(OCC)C2)C1. The first-order chi connectivity index (χ1) is 9.24. The number of piperidine rings is 1. The molecule has 4 unspecified atom stereocenters. The van der Waals surface area contributed by atoms with Crippen LogP contribution in [0.5, 0.6) is 0 Å². The van der Waals surface area contributed by atoms with Crippen LogP contribution in [0.25, 0.3) is 0 Å². The van der Waals surface area contributed by atoms with Crippen molar-refractivity contribution < 1.29 is 4.74 Å². The molecular formula is C16H32N2O. The van der Waals surface area contributed by atoms with E-state index >= 15 is 0 Å². The Hall–Kier alpha value is -0.120. The molecule has 1 heterocycles. The molecule has 0 amide bonds. The second-order valence-electron chi connectivity index (χ2n) is 6.41. The molecule has 0 bridgehead atoms. The quantitative estimate of drug-likeness (QED) is 0.833. The van der Waals surface area contributed by atoms with E-state index in [1.807, 2.05) is 0 Å². The van der Waals surface area contributed by atoms with Gasteiger partial charge in [-0.15, -0.1) is 0 Å². The Morgan fingerprint density at radius 1 is 1.21 bits per heavy atom. The molecule has 2 fully saturated rings. The van der Waals surface area contributed by atoms with Gasteiger partial charge in [-0.25, -0.2) is 0 Å². The molecule has 19 heavy (non-hydrogen) atoms. The van der Waals surface area contributed by atoms with Gasteiger partial charge in [0.25, 0.3) is 0 Å². The van der Waals surface area contributed by atoms with Crippen molar-refractivity contribution in [2.45, 2.75) is 77.0 Å². The van der Waals surface area contributed by atoms with E-state index < -0.39 is 0 Å². The maximum Gasteiger partial charge on any atom is 0.0702 e. The van der Waals surface area contributed by atoms with Gasteiger partial charge in [0.05, 0.1) is 6.10 Å². The average molecular weight is 268 g/mol. The first kappa shape index (κ1) is 15.3. The van der Waals surface area contributed by atoms with Crippen LogP contribution in [-0.4, -0.2) is 42.8 Å². The summed E-state index contributed by atoms with van der Waals surface area (Å²) >= 11 is 0. The zero-order valence-electron chi connectivity index (χ0n) is 12.8. The monoisotopic (exact) mass is 268 g/mol. The maximum atomic E-state index is 6.41. The lowest BCUT2D eigenvalue weighted by molar-refractivity contribution is -0.0199. The number of nitrogens with two attached hydrogens (primary N) is 1. The highest BCUT2D eigenvalue weighted by Gasteiger charge is 2.34. The molecule has 3 heteroatoms. The summed E-state index contributed by atoms with van der Waals surface area (Å²) < 4.78 is 5.83. The molecule has 0 aromatic carbocycles. The summed E-state index contributed by atoms with van der Waals surface area (Å²) in [6.45, 7) is 7.57. The van der Waals surface area contributed by atoms with Crippen LogP contribution in [0, 0.1) is 5.92 Å². The number of nitrogens with zero attached hydrogens (tertiary/aromatic N) is 1. The fourth-order valence-electron chi connectivity index (χ4n) is 3.98. The van der Waals surface area contributed by atoms with Crippen molar-refractivity contribution in [2.75, 3.05) is 19.7 Å². The van der Waals surface area contributed by atoms with Gasteiger partial charge in [-0.3, -0.25) is 4.90 Å². The van der Waals surface area contributed by atoms with Gasteiger partial charge in [-0.05, 0) is 51.5 Å². The minimum atomic E-state index is 0.383. The smallest absolute Gasteiger partial charge is 0.0702 e. The number of hydrogen-bond donors (Lipinski definition) is 1. The minimum Gasteiger partial charge on any atom is -0.377 e. The van der Waals surface area contributed by atoms with Crippen molar-refractivity contribution in [3.8, 4) is 0 Å². The second kappa shape index (κ2) is 7.61. The Morgan fingerprint density at radius 3 is 2.79 bits per heavy atom. The van der Waals surface area contributed by atoms with Crippen molar-refractivity contribution >= 4 is 0 Å². The van der Waals surface area contributed by atoms with Crippen LogP contribution >= 0.6 is 0 Å². The molecule has 1 aliphatic carbocycles. The Labute approximate surface area is 118 Å². The van der Waals surface area contributed by atoms with Gasteiger partial charge in [0, 0.05) is 25.2 Å². The third-order valence-electron chi connectivity index (χ3n) is 4.96. The van der Waals surface area contributed by atoms with Crippen LogP contribution < -0.4 is 5.73 Å². The van der Waals surface area contributed by atoms with Gasteiger partial charge < -0.3 is 10.5 Å². The molecule has 0 aromatic rings. The highest BCUT2D eigenvalue weighted by atomic mass is 16.5. The van der Waals surface area contributed by atoms with Gasteiger partial charge in [0.15, 0.2) is 0 Å². The zero-order valence-corrected chi connectivity index (χ0v) is 12.8. The number of ether oxygens (including phenoxy) is 1. The van der Waals surface area contributed by atoms with E-state index in [0.717, 1.165) is 19.1 Å². The van der Waals surface area contributed by atoms with Gasteiger partial charge >= 0.3 is 0 Å². The summed E-state index contributed by atoms with van der Waals surface area (Å²) in [5.74, 6) is 0.905. The Balaban J connectivity index is 1.90. The van der Waals surface area contributed by atoms with Crippen molar-refractivity contribution in [3.05, 3.63) is 0 Å². The molecule has 2 aliphatic rings. The van der Waals surface area contributed by atoms with E-state index in [1.165, 1.54) is 51.5 Å². The van der Waals surface area contributed by atoms with Crippen LogP contribution in [-0.2, 0) is 4.74 Å². The number of hydrogen-bond acceptors (Lipinski definition) is 3. The standard InChI is InChI=1S/C16H32N2O/c1-3-6-13-8-9-15(17)16(11-13)18-10-5-7-14(12-18)19-4-2/h13-16H,3-12,17H2,1-2H3. The van der Waals surface area contributed by atoms with Gasteiger partial charge in [-0.1, -0.05) is 19.8 Å². The molecule has 1 saturated heterocycles. The van der Waals surface area contributed by atoms with Crippen LogP contribution in [0.2, 0.25) is 0 Å². The molecule has 0 aromatic heterocycles. The van der Waals surface area contributed by atoms with E-state index in [-0.39, 0.29) is 0 Å². The van der Waals surface area contributed by atoms with Crippen molar-refractivity contribution in [2.24, 2.45) is 11.7 Å². The predicted octanol–water partition coefficient (Wildman–Crippen LogP) is 2.78. The third-order valence-corrected chi connectivity index (χ3v) is 4.96. The highest BCUT2D eigenvalue weighted by molar-refractivity contribution is 4.91. The highest BCUT2D eigenvalue weighted by Crippen LogP contribution is 2.31. The van der Waals surface area contributed by atoms with E-state index in [2.05, 4.69) is 18.7 Å². The van der Waals surface area contributed by atoms with Gasteiger partial charge in [0.2, 0.25) is 0 Å². The Bertz CT molecular complexity index is 257. The van der Waals surface area contributed by atoms with Crippen LogP contribution in [0.3, 0.4) is 0 Å². The summed E-state index contributed by atoms with van der Waals surface area (Å²) in [4.78, 5) is 2.64. The molecule has 2 N–H and O–H groups in total. The number of likely N-dealkylation sites (tertiary alicyclic amines) is 1. The van der Waals surface area contributed by atoms with Crippen LogP contribution in [0.15, 0.2) is 0 Å². The summed E-state index contributed by atoms with van der Waals surface area (Å²) in [5, 5.41) is 0. The molecule has 3 nitrogen and oxygen atoms in total. The summed E-state index contributed by atoms with van der Waals surface area (Å²) in [7, 11) is 0. The fraction of sp³-hybridized carbons (Fsp3) is 1.00. The van der Waals surface area contributed by atoms with Crippen molar-refractivity contribution in [3.63, 3.8) is 0 Å². The predicted molar refractivity (Wildman–Crippen MR) is 80.2 cm³/mol. The van der Waals surface area contributed by atoms with Crippen LogP contribution in [0.1, 0.15) is 58.8 Å². The fourth-order valence-corrected chi connectivity index (χ4v) is 3.98. The zero-order chi connectivity index (χ0) is 13.7. The molecular weight excluding hydrogens is 236 g/mol. The summed E-state index contributed by atoms with van der Waals surface area (Å²) in [6.07, 6.45) is 9.50. The Kier molecular flexibility index (Phi) is 6.11. The lowest BCUT2D eigenvalue weighted by atomic mass is 9.79. The van der Waals surface area contributed by atoms with Crippen molar-refractivity contribution in [1.29, 1.82) is 0 Å². The molecule has 0 spiro atoms. The van der Waals surface area contributed by atoms with Crippen LogP contribution in [0.4, 0.5) is 0 Å². The van der Waals surface area contributed by atoms with E-state index in [4.69, 9.17) is 10.5 Å². The lowest BCUT2D eigenvalue weighted by Gasteiger charge is -2.44. The second-order valence-corrected chi connectivity index (χ2v) is 6.41. The normalized spacial score (nSPS) is 37.4. The third kappa shape index (κ3) is 4.17. The molecule has 112 valence electrons. The Morgan fingerprint density at radius 2 is 2.05 bits per heavy atom. The minimum absolute atomic E-state index is 0.383. The molecule has 0 radical (unpaired) electrons. The first-order valence-electron chi connectivity index (χ1n) is 8.35. The van der Waals surface area contributed by atoms with E-state index in [9.17, 15) is 0 Å². The topological polar surface area (TPSA) is 38.5 Å². The van der Waals surface area contributed by atoms with E-state index in [1.54, 1.807) is 0 Å². The summed E-state index contributed by atoms with van der Waals surface area (Å²) in [6, 6.07) is 0.988. The first-order valence-corrected chi connectivity index (χ1v) is 8.35. The summed E-state index contributed by atoms with van der Waals surface area (Å²) in [5.41, 5.74) is 6.41. The average Bonchev–Trinajstić information content (AvgIpc) is 2.42. The molecule has 1 aliphatic heterocycles.